The number of nitrogens with zero attached hydrogens (tertiary/aromatic N) is 1. The van der Waals surface area contributed by atoms with Crippen LogP contribution in [0.2, 0.25) is 0 Å². The highest BCUT2D eigenvalue weighted by molar-refractivity contribution is 7.15. The van der Waals surface area contributed by atoms with E-state index in [1.54, 1.807) is 18.4 Å². The van der Waals surface area contributed by atoms with Crippen molar-refractivity contribution in [2.75, 3.05) is 12.4 Å². The fraction of sp³-hybridized carbons (Fsp3) is 0.500. The standard InChI is InChI=1S/C20H26N2O2S/c1-20(2,3)14-7-10-16-17(12-14)25-19(21-16)22-18(23)11-13-5-8-15(24-4)9-6-13/h5-6,8-9,14H,7,10-12H2,1-4H3,(H,21,22,23). The number of ether oxygens (including phenoxy) is 1. The normalized spacial score (nSPS) is 17.0. The van der Waals surface area contributed by atoms with Gasteiger partial charge >= 0.3 is 0 Å². The summed E-state index contributed by atoms with van der Waals surface area (Å²) in [5, 5.41) is 3.70. The van der Waals surface area contributed by atoms with Gasteiger partial charge in [0.05, 0.1) is 19.2 Å². The maximum atomic E-state index is 12.3. The number of carbonyl (C=O) groups is 1. The third-order valence-corrected chi connectivity index (χ3v) is 5.97. The number of carbonyl (C=O) groups excluding carboxylic acids is 1. The van der Waals surface area contributed by atoms with Crippen molar-refractivity contribution in [2.24, 2.45) is 11.3 Å². The van der Waals surface area contributed by atoms with Crippen molar-refractivity contribution >= 4 is 22.4 Å². The number of fused-ring (bicyclic) bond motifs is 1. The zero-order chi connectivity index (χ0) is 18.0. The number of aromatic nitrogens is 1. The van der Waals surface area contributed by atoms with Crippen LogP contribution in [-0.4, -0.2) is 18.0 Å². The Balaban J connectivity index is 1.62. The molecule has 0 saturated heterocycles. The van der Waals surface area contributed by atoms with Gasteiger partial charge in [0.15, 0.2) is 5.13 Å². The van der Waals surface area contributed by atoms with Crippen molar-refractivity contribution in [1.29, 1.82) is 0 Å². The molecule has 0 saturated carbocycles. The first-order valence-electron chi connectivity index (χ1n) is 8.76. The number of thiazole rings is 1. The molecule has 1 aromatic carbocycles. The number of hydrogen-bond acceptors (Lipinski definition) is 4. The zero-order valence-corrected chi connectivity index (χ0v) is 16.2. The molecule has 1 aromatic heterocycles. The first-order valence-corrected chi connectivity index (χ1v) is 9.58. The van der Waals surface area contributed by atoms with Crippen LogP contribution in [0.4, 0.5) is 5.13 Å². The summed E-state index contributed by atoms with van der Waals surface area (Å²) in [7, 11) is 1.64. The number of rotatable bonds is 4. The molecule has 134 valence electrons. The number of methoxy groups -OCH3 is 1. The molecule has 1 atom stereocenters. The van der Waals surface area contributed by atoms with E-state index in [9.17, 15) is 4.79 Å². The monoisotopic (exact) mass is 358 g/mol. The zero-order valence-electron chi connectivity index (χ0n) is 15.4. The highest BCUT2D eigenvalue weighted by Crippen LogP contribution is 2.40. The van der Waals surface area contributed by atoms with Crippen molar-refractivity contribution in [1.82, 2.24) is 4.98 Å². The lowest BCUT2D eigenvalue weighted by Crippen LogP contribution is -2.26. The summed E-state index contributed by atoms with van der Waals surface area (Å²) in [5.41, 5.74) is 2.46. The molecular weight excluding hydrogens is 332 g/mol. The lowest BCUT2D eigenvalue weighted by Gasteiger charge is -2.33. The van der Waals surface area contributed by atoms with Crippen molar-refractivity contribution in [3.8, 4) is 5.75 Å². The van der Waals surface area contributed by atoms with Gasteiger partial charge in [-0.3, -0.25) is 4.79 Å². The number of amides is 1. The second-order valence-corrected chi connectivity index (χ2v) is 8.85. The molecule has 1 aliphatic carbocycles. The number of nitrogens with one attached hydrogen (secondary N) is 1. The van der Waals surface area contributed by atoms with Gasteiger partial charge in [-0.05, 0) is 48.3 Å². The number of aryl methyl sites for hydroxylation is 1. The summed E-state index contributed by atoms with van der Waals surface area (Å²) in [6, 6.07) is 7.58. The Morgan fingerprint density at radius 1 is 1.32 bits per heavy atom. The Hall–Kier alpha value is -1.88. The van der Waals surface area contributed by atoms with E-state index in [-0.39, 0.29) is 5.91 Å². The summed E-state index contributed by atoms with van der Waals surface area (Å²) in [6.07, 6.45) is 3.62. The van der Waals surface area contributed by atoms with Gasteiger partial charge < -0.3 is 10.1 Å². The summed E-state index contributed by atoms with van der Waals surface area (Å²) in [6.45, 7) is 6.92. The minimum Gasteiger partial charge on any atom is -0.497 e. The Morgan fingerprint density at radius 2 is 2.04 bits per heavy atom. The summed E-state index contributed by atoms with van der Waals surface area (Å²) in [5.74, 6) is 1.46. The average molecular weight is 359 g/mol. The number of benzene rings is 1. The van der Waals surface area contributed by atoms with Gasteiger partial charge in [0.1, 0.15) is 5.75 Å². The van der Waals surface area contributed by atoms with E-state index in [2.05, 4.69) is 31.1 Å². The van der Waals surface area contributed by atoms with Crippen LogP contribution in [-0.2, 0) is 24.1 Å². The van der Waals surface area contributed by atoms with Crippen molar-refractivity contribution in [3.63, 3.8) is 0 Å². The molecule has 0 radical (unpaired) electrons. The molecule has 1 unspecified atom stereocenters. The van der Waals surface area contributed by atoms with Gasteiger partial charge in [0.25, 0.3) is 0 Å². The first-order chi connectivity index (χ1) is 11.8. The molecule has 5 heteroatoms. The second kappa shape index (κ2) is 7.16. The highest BCUT2D eigenvalue weighted by Gasteiger charge is 2.30. The molecule has 1 heterocycles. The van der Waals surface area contributed by atoms with Crippen molar-refractivity contribution in [3.05, 3.63) is 40.4 Å². The third-order valence-electron chi connectivity index (χ3n) is 4.93. The minimum absolute atomic E-state index is 0.0244. The van der Waals surface area contributed by atoms with E-state index >= 15 is 0 Å². The molecular formula is C20H26N2O2S. The predicted molar refractivity (Wildman–Crippen MR) is 102 cm³/mol. The van der Waals surface area contributed by atoms with Crippen LogP contribution in [0.1, 0.15) is 43.3 Å². The Morgan fingerprint density at radius 3 is 2.68 bits per heavy atom. The lowest BCUT2D eigenvalue weighted by atomic mass is 9.73. The molecule has 1 N–H and O–H groups in total. The largest absolute Gasteiger partial charge is 0.497 e. The van der Waals surface area contributed by atoms with Gasteiger partial charge in [-0.25, -0.2) is 4.98 Å². The smallest absolute Gasteiger partial charge is 0.230 e. The van der Waals surface area contributed by atoms with Crippen molar-refractivity contribution in [2.45, 2.75) is 46.5 Å². The molecule has 1 amide bonds. The molecule has 1 aliphatic rings. The second-order valence-electron chi connectivity index (χ2n) is 7.77. The topological polar surface area (TPSA) is 51.2 Å². The van der Waals surface area contributed by atoms with E-state index in [0.29, 0.717) is 17.8 Å². The highest BCUT2D eigenvalue weighted by atomic mass is 32.1. The maximum absolute atomic E-state index is 12.3. The van der Waals surface area contributed by atoms with Crippen LogP contribution in [0.25, 0.3) is 0 Å². The van der Waals surface area contributed by atoms with E-state index in [4.69, 9.17) is 4.74 Å². The van der Waals surface area contributed by atoms with E-state index in [0.717, 1.165) is 29.3 Å². The van der Waals surface area contributed by atoms with E-state index in [1.807, 2.05) is 24.3 Å². The van der Waals surface area contributed by atoms with Gasteiger partial charge in [-0.1, -0.05) is 32.9 Å². The summed E-state index contributed by atoms with van der Waals surface area (Å²) < 4.78 is 5.14. The minimum atomic E-state index is -0.0244. The Bertz CT molecular complexity index is 744. The summed E-state index contributed by atoms with van der Waals surface area (Å²) >= 11 is 1.64. The lowest BCUT2D eigenvalue weighted by molar-refractivity contribution is -0.115. The summed E-state index contributed by atoms with van der Waals surface area (Å²) in [4.78, 5) is 18.3. The molecule has 0 aliphatic heterocycles. The van der Waals surface area contributed by atoms with Crippen LogP contribution in [0.5, 0.6) is 5.75 Å². The SMILES string of the molecule is COc1ccc(CC(=O)Nc2nc3c(s2)CC(C(C)(C)C)CC3)cc1. The fourth-order valence-electron chi connectivity index (χ4n) is 3.26. The molecule has 0 bridgehead atoms. The Labute approximate surface area is 153 Å². The average Bonchev–Trinajstić information content (AvgIpc) is 2.95. The quantitative estimate of drug-likeness (QED) is 0.876. The van der Waals surface area contributed by atoms with Gasteiger partial charge in [-0.2, -0.15) is 0 Å². The van der Waals surface area contributed by atoms with E-state index in [1.165, 1.54) is 17.0 Å². The first kappa shape index (κ1) is 17.9. The molecule has 0 fully saturated rings. The Kier molecular flexibility index (Phi) is 5.13. The molecule has 2 aromatic rings. The molecule has 25 heavy (non-hydrogen) atoms. The third kappa shape index (κ3) is 4.40. The van der Waals surface area contributed by atoms with Crippen molar-refractivity contribution < 1.29 is 9.53 Å². The van der Waals surface area contributed by atoms with E-state index < -0.39 is 0 Å². The van der Waals surface area contributed by atoms with Crippen LogP contribution in [0.15, 0.2) is 24.3 Å². The van der Waals surface area contributed by atoms with Gasteiger partial charge in [0.2, 0.25) is 5.91 Å². The predicted octanol–water partition coefficient (Wildman–Crippen LogP) is 4.48. The number of hydrogen-bond donors (Lipinski definition) is 1. The fourth-order valence-corrected chi connectivity index (χ4v) is 4.36. The molecule has 4 nitrogen and oxygen atoms in total. The van der Waals surface area contributed by atoms with Crippen LogP contribution in [0, 0.1) is 11.3 Å². The van der Waals surface area contributed by atoms with Crippen LogP contribution < -0.4 is 10.1 Å². The molecule has 0 spiro atoms. The maximum Gasteiger partial charge on any atom is 0.230 e. The number of anilines is 1. The van der Waals surface area contributed by atoms with Crippen LogP contribution in [0.3, 0.4) is 0 Å². The van der Waals surface area contributed by atoms with Crippen LogP contribution >= 0.6 is 11.3 Å². The molecule has 3 rings (SSSR count). The van der Waals surface area contributed by atoms with Gasteiger partial charge in [0, 0.05) is 4.88 Å². The van der Waals surface area contributed by atoms with Gasteiger partial charge in [-0.15, -0.1) is 11.3 Å².